The lowest BCUT2D eigenvalue weighted by molar-refractivity contribution is -0.122. The normalized spacial score (nSPS) is 17.6. The predicted octanol–water partition coefficient (Wildman–Crippen LogP) is 3.22. The van der Waals surface area contributed by atoms with Crippen LogP contribution in [0.25, 0.3) is 6.08 Å². The summed E-state index contributed by atoms with van der Waals surface area (Å²) in [5, 5.41) is -0.236. The fourth-order valence-electron chi connectivity index (χ4n) is 1.68. The third-order valence-corrected chi connectivity index (χ3v) is 3.57. The minimum Gasteiger partial charge on any atom is -0.268 e. The Labute approximate surface area is 110 Å². The van der Waals surface area contributed by atoms with Crippen LogP contribution in [0.5, 0.6) is 0 Å². The summed E-state index contributed by atoms with van der Waals surface area (Å²) in [4.78, 5) is 25.3. The van der Waals surface area contributed by atoms with E-state index in [1.807, 2.05) is 31.2 Å². The van der Waals surface area contributed by atoms with E-state index in [2.05, 4.69) is 6.58 Å². The van der Waals surface area contributed by atoms with E-state index in [1.165, 1.54) is 4.90 Å². The highest BCUT2D eigenvalue weighted by Gasteiger charge is 2.33. The van der Waals surface area contributed by atoms with Gasteiger partial charge in [0.25, 0.3) is 11.1 Å². The molecule has 4 heteroatoms. The van der Waals surface area contributed by atoms with Gasteiger partial charge in [0.1, 0.15) is 0 Å². The second kappa shape index (κ2) is 5.23. The molecule has 0 N–H and O–H groups in total. The number of benzene rings is 1. The number of thioether (sulfide) groups is 1. The predicted molar refractivity (Wildman–Crippen MR) is 74.1 cm³/mol. The second-order valence-corrected chi connectivity index (χ2v) is 4.93. The van der Waals surface area contributed by atoms with Crippen LogP contribution in [0.4, 0.5) is 4.79 Å². The number of carbonyl (C=O) groups is 2. The molecule has 1 fully saturated rings. The number of nitrogens with zero attached hydrogens (tertiary/aromatic N) is 1. The molecule has 0 bridgehead atoms. The van der Waals surface area contributed by atoms with E-state index in [0.29, 0.717) is 4.91 Å². The first-order chi connectivity index (χ1) is 8.63. The van der Waals surface area contributed by atoms with Crippen LogP contribution in [-0.4, -0.2) is 22.6 Å². The molecule has 0 atom stereocenters. The number of carbonyl (C=O) groups excluding carboxylic acids is 2. The van der Waals surface area contributed by atoms with Crippen LogP contribution < -0.4 is 0 Å². The van der Waals surface area contributed by atoms with Crippen molar-refractivity contribution in [3.05, 3.63) is 53.0 Å². The molecule has 1 aliphatic heterocycles. The van der Waals surface area contributed by atoms with E-state index in [1.54, 1.807) is 12.2 Å². The topological polar surface area (TPSA) is 37.4 Å². The third-order valence-electron chi connectivity index (χ3n) is 2.66. The standard InChI is InChI=1S/C14H13NO2S/c1-3-8-15-13(16)12(18-14(15)17)9-11-7-5-4-6-10(11)2/h3-7,9H,1,8H2,2H3. The Bertz CT molecular complexity index is 548. The molecule has 1 aliphatic rings. The molecule has 0 aliphatic carbocycles. The average Bonchev–Trinajstić information content (AvgIpc) is 2.60. The summed E-state index contributed by atoms with van der Waals surface area (Å²) < 4.78 is 0. The highest BCUT2D eigenvalue weighted by atomic mass is 32.2. The monoisotopic (exact) mass is 259 g/mol. The van der Waals surface area contributed by atoms with E-state index in [4.69, 9.17) is 0 Å². The van der Waals surface area contributed by atoms with Crippen LogP contribution in [0, 0.1) is 6.92 Å². The van der Waals surface area contributed by atoms with Crippen molar-refractivity contribution in [2.45, 2.75) is 6.92 Å². The van der Waals surface area contributed by atoms with Gasteiger partial charge in [0.2, 0.25) is 0 Å². The number of rotatable bonds is 3. The van der Waals surface area contributed by atoms with Crippen molar-refractivity contribution in [3.63, 3.8) is 0 Å². The minimum atomic E-state index is -0.242. The smallest absolute Gasteiger partial charge is 0.268 e. The van der Waals surface area contributed by atoms with Gasteiger partial charge in [0.15, 0.2) is 0 Å². The van der Waals surface area contributed by atoms with Crippen molar-refractivity contribution in [2.75, 3.05) is 6.54 Å². The zero-order valence-corrected chi connectivity index (χ0v) is 10.9. The second-order valence-electron chi connectivity index (χ2n) is 3.94. The Balaban J connectivity index is 2.31. The van der Waals surface area contributed by atoms with E-state index in [9.17, 15) is 9.59 Å². The Morgan fingerprint density at radius 3 is 2.72 bits per heavy atom. The third kappa shape index (κ3) is 2.38. The van der Waals surface area contributed by atoms with Crippen molar-refractivity contribution in [1.29, 1.82) is 0 Å². The lowest BCUT2D eigenvalue weighted by Gasteiger charge is -2.07. The maximum atomic E-state index is 12.0. The SMILES string of the molecule is C=CCN1C(=O)SC(=Cc2ccccc2C)C1=O. The number of hydrogen-bond donors (Lipinski definition) is 0. The molecule has 1 aromatic rings. The number of imide groups is 1. The summed E-state index contributed by atoms with van der Waals surface area (Å²) >= 11 is 0.976. The van der Waals surface area contributed by atoms with Gasteiger partial charge in [-0.25, -0.2) is 0 Å². The Kier molecular flexibility index (Phi) is 3.67. The van der Waals surface area contributed by atoms with Crippen molar-refractivity contribution < 1.29 is 9.59 Å². The Morgan fingerprint density at radius 1 is 1.33 bits per heavy atom. The first-order valence-corrected chi connectivity index (χ1v) is 6.37. The molecule has 3 nitrogen and oxygen atoms in total. The summed E-state index contributed by atoms with van der Waals surface area (Å²) in [6, 6.07) is 7.75. The van der Waals surface area contributed by atoms with Gasteiger partial charge in [-0.15, -0.1) is 6.58 Å². The lowest BCUT2D eigenvalue weighted by atomic mass is 10.1. The number of hydrogen-bond acceptors (Lipinski definition) is 3. The highest BCUT2D eigenvalue weighted by molar-refractivity contribution is 8.18. The molecule has 0 saturated carbocycles. The molecule has 1 saturated heterocycles. The molecule has 0 radical (unpaired) electrons. The van der Waals surface area contributed by atoms with Gasteiger partial charge in [0.05, 0.1) is 4.91 Å². The molecule has 92 valence electrons. The van der Waals surface area contributed by atoms with Crippen LogP contribution in [0.3, 0.4) is 0 Å². The van der Waals surface area contributed by atoms with E-state index < -0.39 is 0 Å². The molecule has 18 heavy (non-hydrogen) atoms. The largest absolute Gasteiger partial charge is 0.293 e. The van der Waals surface area contributed by atoms with Crippen molar-refractivity contribution in [1.82, 2.24) is 4.90 Å². The van der Waals surface area contributed by atoms with Crippen LogP contribution in [0.15, 0.2) is 41.8 Å². The first kappa shape index (κ1) is 12.6. The molecule has 2 rings (SSSR count). The van der Waals surface area contributed by atoms with E-state index >= 15 is 0 Å². The summed E-state index contributed by atoms with van der Waals surface area (Å²) in [7, 11) is 0. The van der Waals surface area contributed by atoms with E-state index in [-0.39, 0.29) is 17.7 Å². The molecule has 1 aromatic carbocycles. The number of aryl methyl sites for hydroxylation is 1. The van der Waals surface area contributed by atoms with Gasteiger partial charge in [-0.05, 0) is 35.9 Å². The number of amides is 2. The Morgan fingerprint density at radius 2 is 2.06 bits per heavy atom. The summed E-state index contributed by atoms with van der Waals surface area (Å²) in [5.41, 5.74) is 2.04. The minimum absolute atomic E-state index is 0.236. The van der Waals surface area contributed by atoms with Crippen LogP contribution in [0.2, 0.25) is 0 Å². The average molecular weight is 259 g/mol. The van der Waals surface area contributed by atoms with Crippen LogP contribution in [-0.2, 0) is 4.79 Å². The Hall–Kier alpha value is -1.81. The molecular formula is C14H13NO2S. The zero-order chi connectivity index (χ0) is 13.1. The van der Waals surface area contributed by atoms with Crippen molar-refractivity contribution >= 4 is 29.0 Å². The zero-order valence-electron chi connectivity index (χ0n) is 10.1. The van der Waals surface area contributed by atoms with Crippen molar-refractivity contribution in [2.24, 2.45) is 0 Å². The van der Waals surface area contributed by atoms with Gasteiger partial charge in [-0.2, -0.15) is 0 Å². The quantitative estimate of drug-likeness (QED) is 0.618. The van der Waals surface area contributed by atoms with Gasteiger partial charge >= 0.3 is 0 Å². The molecule has 2 amide bonds. The molecule has 0 spiro atoms. The van der Waals surface area contributed by atoms with Crippen molar-refractivity contribution in [3.8, 4) is 0 Å². The fourth-order valence-corrected chi connectivity index (χ4v) is 2.52. The molecule has 0 aromatic heterocycles. The van der Waals surface area contributed by atoms with Gasteiger partial charge in [-0.1, -0.05) is 30.3 Å². The maximum absolute atomic E-state index is 12.0. The van der Waals surface area contributed by atoms with Crippen LogP contribution >= 0.6 is 11.8 Å². The maximum Gasteiger partial charge on any atom is 0.293 e. The lowest BCUT2D eigenvalue weighted by Crippen LogP contribution is -2.27. The molecular weight excluding hydrogens is 246 g/mol. The summed E-state index contributed by atoms with van der Waals surface area (Å²) in [5.74, 6) is -0.242. The van der Waals surface area contributed by atoms with Crippen LogP contribution in [0.1, 0.15) is 11.1 Å². The van der Waals surface area contributed by atoms with E-state index in [0.717, 1.165) is 22.9 Å². The summed E-state index contributed by atoms with van der Waals surface area (Å²) in [6.07, 6.45) is 3.32. The summed E-state index contributed by atoms with van der Waals surface area (Å²) in [6.45, 7) is 5.77. The van der Waals surface area contributed by atoms with Gasteiger partial charge in [0, 0.05) is 6.54 Å². The highest BCUT2D eigenvalue weighted by Crippen LogP contribution is 2.32. The molecule has 1 heterocycles. The fraction of sp³-hybridized carbons (Fsp3) is 0.143. The van der Waals surface area contributed by atoms with Gasteiger partial charge < -0.3 is 0 Å². The molecule has 0 unspecified atom stereocenters. The van der Waals surface area contributed by atoms with Gasteiger partial charge in [-0.3, -0.25) is 14.5 Å². The first-order valence-electron chi connectivity index (χ1n) is 5.55.